The summed E-state index contributed by atoms with van der Waals surface area (Å²) in [4.78, 5) is 2.49. The van der Waals surface area contributed by atoms with Crippen LogP contribution < -0.4 is 5.32 Å². The van der Waals surface area contributed by atoms with Gasteiger partial charge in [-0.3, -0.25) is 0 Å². The molecule has 1 aliphatic rings. The number of aliphatic hydroxyl groups excluding tert-OH is 1. The van der Waals surface area contributed by atoms with Gasteiger partial charge in [-0.1, -0.05) is 20.8 Å². The molecule has 3 nitrogen and oxygen atoms in total. The summed E-state index contributed by atoms with van der Waals surface area (Å²) in [5.41, 5.74) is -0.0411. The fraction of sp³-hybridized carbons (Fsp3) is 1.00. The van der Waals surface area contributed by atoms with E-state index in [-0.39, 0.29) is 12.1 Å². The quantitative estimate of drug-likeness (QED) is 0.748. The van der Waals surface area contributed by atoms with Crippen molar-refractivity contribution in [1.29, 1.82) is 0 Å². The first-order valence-electron chi connectivity index (χ1n) is 7.04. The van der Waals surface area contributed by atoms with Crippen LogP contribution in [-0.4, -0.2) is 47.3 Å². The van der Waals surface area contributed by atoms with Gasteiger partial charge >= 0.3 is 0 Å². The molecule has 0 aliphatic heterocycles. The largest absolute Gasteiger partial charge is 0.394 e. The van der Waals surface area contributed by atoms with Crippen molar-refractivity contribution < 1.29 is 5.11 Å². The smallest absolute Gasteiger partial charge is 0.0614 e. The highest BCUT2D eigenvalue weighted by Crippen LogP contribution is 2.33. The van der Waals surface area contributed by atoms with Crippen LogP contribution in [0.25, 0.3) is 0 Å². The normalized spacial score (nSPS) is 31.4. The molecule has 0 bridgehead atoms. The Kier molecular flexibility index (Phi) is 5.42. The summed E-state index contributed by atoms with van der Waals surface area (Å²) < 4.78 is 0. The maximum atomic E-state index is 9.68. The zero-order chi connectivity index (χ0) is 13.1. The van der Waals surface area contributed by atoms with E-state index in [2.05, 4.69) is 45.0 Å². The molecule has 2 N–H and O–H groups in total. The van der Waals surface area contributed by atoms with E-state index in [1.165, 1.54) is 12.8 Å². The molecule has 0 radical (unpaired) electrons. The van der Waals surface area contributed by atoms with Gasteiger partial charge in [0, 0.05) is 23.7 Å². The minimum atomic E-state index is -0.0411. The van der Waals surface area contributed by atoms with Crippen LogP contribution in [0, 0.1) is 0 Å². The van der Waals surface area contributed by atoms with Crippen molar-refractivity contribution in [3.8, 4) is 0 Å². The minimum Gasteiger partial charge on any atom is -0.394 e. The van der Waals surface area contributed by atoms with Crippen LogP contribution in [0.1, 0.15) is 53.4 Å². The summed E-state index contributed by atoms with van der Waals surface area (Å²) in [6.07, 6.45) is 4.55. The number of rotatable bonds is 6. The maximum absolute atomic E-state index is 9.68. The predicted octanol–water partition coefficient (Wildman–Crippen LogP) is 2.00. The monoisotopic (exact) mass is 242 g/mol. The summed E-state index contributed by atoms with van der Waals surface area (Å²) in [6, 6.07) is 1.69. The number of hydrogen-bond donors (Lipinski definition) is 2. The second-order valence-electron chi connectivity index (χ2n) is 6.06. The van der Waals surface area contributed by atoms with E-state index in [0.29, 0.717) is 18.1 Å². The van der Waals surface area contributed by atoms with Crippen LogP contribution in [-0.2, 0) is 0 Å². The molecule has 0 aromatic heterocycles. The molecule has 3 atom stereocenters. The van der Waals surface area contributed by atoms with Crippen molar-refractivity contribution in [2.24, 2.45) is 0 Å². The molecular weight excluding hydrogens is 212 g/mol. The van der Waals surface area contributed by atoms with Crippen molar-refractivity contribution >= 4 is 0 Å². The van der Waals surface area contributed by atoms with Gasteiger partial charge in [0.05, 0.1) is 6.61 Å². The first-order valence-corrected chi connectivity index (χ1v) is 7.04. The molecule has 3 unspecified atom stereocenters. The van der Waals surface area contributed by atoms with Crippen LogP contribution in [0.5, 0.6) is 0 Å². The third-order valence-corrected chi connectivity index (χ3v) is 4.34. The molecule has 0 saturated heterocycles. The fourth-order valence-electron chi connectivity index (χ4n) is 3.03. The van der Waals surface area contributed by atoms with E-state index in [0.717, 1.165) is 12.8 Å². The van der Waals surface area contributed by atoms with Crippen LogP contribution in [0.15, 0.2) is 0 Å². The van der Waals surface area contributed by atoms with E-state index in [4.69, 9.17) is 0 Å². The molecular formula is C14H30N2O. The average molecular weight is 242 g/mol. The first-order chi connectivity index (χ1) is 7.94. The second-order valence-corrected chi connectivity index (χ2v) is 6.06. The second kappa shape index (κ2) is 6.17. The molecule has 102 valence electrons. The minimum absolute atomic E-state index is 0.0411. The van der Waals surface area contributed by atoms with Crippen LogP contribution >= 0.6 is 0 Å². The van der Waals surface area contributed by atoms with Gasteiger partial charge < -0.3 is 15.3 Å². The summed E-state index contributed by atoms with van der Waals surface area (Å²) >= 11 is 0. The van der Waals surface area contributed by atoms with E-state index in [9.17, 15) is 5.11 Å². The van der Waals surface area contributed by atoms with E-state index in [1.54, 1.807) is 0 Å². The topological polar surface area (TPSA) is 35.5 Å². The molecule has 1 saturated carbocycles. The zero-order valence-corrected chi connectivity index (χ0v) is 12.2. The lowest BCUT2D eigenvalue weighted by atomic mass is 9.97. The van der Waals surface area contributed by atoms with E-state index in [1.807, 2.05) is 0 Å². The van der Waals surface area contributed by atoms with Gasteiger partial charge in [-0.05, 0) is 39.7 Å². The number of aliphatic hydroxyl groups is 1. The molecule has 0 spiro atoms. The van der Waals surface area contributed by atoms with Gasteiger partial charge in [-0.15, -0.1) is 0 Å². The third-order valence-electron chi connectivity index (χ3n) is 4.34. The molecule has 1 rings (SSSR count). The molecule has 17 heavy (non-hydrogen) atoms. The highest BCUT2D eigenvalue weighted by Gasteiger charge is 2.40. The number of hydrogen-bond acceptors (Lipinski definition) is 3. The van der Waals surface area contributed by atoms with E-state index >= 15 is 0 Å². The Bertz CT molecular complexity index is 232. The van der Waals surface area contributed by atoms with Crippen LogP contribution in [0.3, 0.4) is 0 Å². The third kappa shape index (κ3) is 3.67. The molecule has 1 aliphatic carbocycles. The fourth-order valence-corrected chi connectivity index (χ4v) is 3.03. The molecule has 0 aromatic rings. The van der Waals surface area contributed by atoms with Crippen LogP contribution in [0.4, 0.5) is 0 Å². The highest BCUT2D eigenvalue weighted by molar-refractivity contribution is 5.00. The van der Waals surface area contributed by atoms with Crippen molar-refractivity contribution in [3.63, 3.8) is 0 Å². The van der Waals surface area contributed by atoms with Gasteiger partial charge in [-0.2, -0.15) is 0 Å². The maximum Gasteiger partial charge on any atom is 0.0614 e. The van der Waals surface area contributed by atoms with Gasteiger partial charge in [0.1, 0.15) is 0 Å². The highest BCUT2D eigenvalue weighted by atomic mass is 16.3. The molecule has 3 heteroatoms. The summed E-state index contributed by atoms with van der Waals surface area (Å²) in [7, 11) is 2.22. The molecule has 0 heterocycles. The van der Waals surface area contributed by atoms with Gasteiger partial charge in [0.25, 0.3) is 0 Å². The van der Waals surface area contributed by atoms with Gasteiger partial charge in [0.2, 0.25) is 0 Å². The van der Waals surface area contributed by atoms with Crippen molar-refractivity contribution in [2.75, 3.05) is 13.7 Å². The lowest BCUT2D eigenvalue weighted by Gasteiger charge is -2.34. The Hall–Kier alpha value is -0.120. The number of nitrogens with zero attached hydrogens (tertiary/aromatic N) is 1. The molecule has 0 aromatic carbocycles. The average Bonchev–Trinajstić information content (AvgIpc) is 2.71. The standard InChI is InChI=1S/C14H30N2O/c1-6-12(4)16(5)13-7-8-14(9-13,10-17)15-11(2)3/h11-13,15,17H,6-10H2,1-5H3. The Morgan fingerprint density at radius 2 is 2.06 bits per heavy atom. The summed E-state index contributed by atoms with van der Waals surface area (Å²) in [6.45, 7) is 9.10. The van der Waals surface area contributed by atoms with Crippen LogP contribution in [0.2, 0.25) is 0 Å². The molecule has 1 fully saturated rings. The van der Waals surface area contributed by atoms with Crippen molar-refractivity contribution in [3.05, 3.63) is 0 Å². The molecule has 0 amide bonds. The SMILES string of the molecule is CCC(C)N(C)C1CCC(CO)(NC(C)C)C1. The van der Waals surface area contributed by atoms with Gasteiger partial charge in [0.15, 0.2) is 0 Å². The Balaban J connectivity index is 2.60. The number of nitrogens with one attached hydrogen (secondary N) is 1. The summed E-state index contributed by atoms with van der Waals surface area (Å²) in [5.74, 6) is 0. The lowest BCUT2D eigenvalue weighted by molar-refractivity contribution is 0.131. The Morgan fingerprint density at radius 3 is 2.53 bits per heavy atom. The zero-order valence-electron chi connectivity index (χ0n) is 12.2. The van der Waals surface area contributed by atoms with Gasteiger partial charge in [-0.25, -0.2) is 0 Å². The van der Waals surface area contributed by atoms with Crippen molar-refractivity contribution in [2.45, 2.75) is 77.0 Å². The van der Waals surface area contributed by atoms with E-state index < -0.39 is 0 Å². The van der Waals surface area contributed by atoms with Crippen molar-refractivity contribution in [1.82, 2.24) is 10.2 Å². The first kappa shape index (κ1) is 14.9. The summed E-state index contributed by atoms with van der Waals surface area (Å²) in [5, 5.41) is 13.2. The predicted molar refractivity (Wildman–Crippen MR) is 73.2 cm³/mol. The Labute approximate surface area is 107 Å². The Morgan fingerprint density at radius 1 is 1.41 bits per heavy atom. The lowest BCUT2D eigenvalue weighted by Crippen LogP contribution is -2.51.